The van der Waals surface area contributed by atoms with E-state index < -0.39 is 0 Å². The Labute approximate surface area is 114 Å². The van der Waals surface area contributed by atoms with Gasteiger partial charge >= 0.3 is 0 Å². The maximum Gasteiger partial charge on any atom is 0.191 e. The summed E-state index contributed by atoms with van der Waals surface area (Å²) in [6, 6.07) is 0.536. The molecule has 1 atom stereocenters. The standard InChI is InChI=1S/C13H24N4S/c1-10(2)11(14-3)9-18-13-16-15-12-7-5-4-6-8-17(12)13/h10-11,14H,4-9H2,1-3H3. The molecule has 1 aliphatic heterocycles. The van der Waals surface area contributed by atoms with Crippen LogP contribution < -0.4 is 5.32 Å². The van der Waals surface area contributed by atoms with Crippen LogP contribution in [0.25, 0.3) is 0 Å². The van der Waals surface area contributed by atoms with Crippen molar-refractivity contribution in [3.63, 3.8) is 0 Å². The fraction of sp³-hybridized carbons (Fsp3) is 0.846. The average molecular weight is 268 g/mol. The first-order chi connectivity index (χ1) is 8.72. The molecule has 2 heterocycles. The van der Waals surface area contributed by atoms with Gasteiger partial charge in [-0.2, -0.15) is 0 Å². The predicted molar refractivity (Wildman–Crippen MR) is 76.0 cm³/mol. The molecule has 0 fully saturated rings. The Balaban J connectivity index is 1.99. The van der Waals surface area contributed by atoms with Crippen LogP contribution in [-0.2, 0) is 13.0 Å². The van der Waals surface area contributed by atoms with Gasteiger partial charge in [-0.25, -0.2) is 0 Å². The molecule has 102 valence electrons. The van der Waals surface area contributed by atoms with Crippen molar-refractivity contribution in [3.8, 4) is 0 Å². The van der Waals surface area contributed by atoms with Crippen LogP contribution in [0.2, 0.25) is 0 Å². The zero-order valence-corrected chi connectivity index (χ0v) is 12.5. The second-order valence-electron chi connectivity index (χ2n) is 5.31. The minimum atomic E-state index is 0.536. The normalized spacial score (nSPS) is 17.6. The fourth-order valence-corrected chi connectivity index (χ4v) is 3.67. The van der Waals surface area contributed by atoms with Crippen molar-refractivity contribution >= 4 is 11.8 Å². The summed E-state index contributed by atoms with van der Waals surface area (Å²) in [5.74, 6) is 2.89. The summed E-state index contributed by atoms with van der Waals surface area (Å²) in [7, 11) is 2.04. The molecule has 4 nitrogen and oxygen atoms in total. The van der Waals surface area contributed by atoms with Crippen molar-refractivity contribution in [2.45, 2.75) is 57.3 Å². The van der Waals surface area contributed by atoms with Gasteiger partial charge in [-0.05, 0) is 25.8 Å². The Morgan fingerprint density at radius 3 is 2.83 bits per heavy atom. The van der Waals surface area contributed by atoms with E-state index in [2.05, 4.69) is 33.9 Å². The Morgan fingerprint density at radius 1 is 1.28 bits per heavy atom. The molecule has 0 amide bonds. The topological polar surface area (TPSA) is 42.7 Å². The van der Waals surface area contributed by atoms with E-state index in [-0.39, 0.29) is 0 Å². The number of rotatable bonds is 5. The summed E-state index contributed by atoms with van der Waals surface area (Å²) in [6.07, 6.45) is 4.93. The van der Waals surface area contributed by atoms with Gasteiger partial charge in [0.15, 0.2) is 5.16 Å². The molecule has 1 aromatic rings. The molecule has 5 heteroatoms. The molecule has 1 unspecified atom stereocenters. The number of hydrogen-bond acceptors (Lipinski definition) is 4. The zero-order valence-electron chi connectivity index (χ0n) is 11.6. The molecule has 0 aliphatic carbocycles. The van der Waals surface area contributed by atoms with E-state index in [9.17, 15) is 0 Å². The van der Waals surface area contributed by atoms with Gasteiger partial charge in [0.2, 0.25) is 0 Å². The summed E-state index contributed by atoms with van der Waals surface area (Å²) in [4.78, 5) is 0. The van der Waals surface area contributed by atoms with Gasteiger partial charge in [0.05, 0.1) is 0 Å². The minimum Gasteiger partial charge on any atom is -0.316 e. The first kappa shape index (κ1) is 13.9. The van der Waals surface area contributed by atoms with Crippen molar-refractivity contribution in [1.82, 2.24) is 20.1 Å². The SMILES string of the molecule is CNC(CSc1nnc2n1CCCCC2)C(C)C. The molecule has 0 radical (unpaired) electrons. The van der Waals surface area contributed by atoms with Crippen LogP contribution in [0.4, 0.5) is 0 Å². The second kappa shape index (κ2) is 6.57. The lowest BCUT2D eigenvalue weighted by molar-refractivity contribution is 0.464. The van der Waals surface area contributed by atoms with Crippen LogP contribution in [0, 0.1) is 5.92 Å². The molecular weight excluding hydrogens is 244 g/mol. The molecule has 0 aromatic carbocycles. The Hall–Kier alpha value is -0.550. The van der Waals surface area contributed by atoms with Gasteiger partial charge in [-0.15, -0.1) is 10.2 Å². The van der Waals surface area contributed by atoms with Gasteiger partial charge in [-0.3, -0.25) is 0 Å². The van der Waals surface area contributed by atoms with Gasteiger partial charge in [0.1, 0.15) is 5.82 Å². The Bertz CT molecular complexity index is 375. The Kier molecular flexibility index (Phi) is 5.06. The third kappa shape index (κ3) is 3.26. The van der Waals surface area contributed by atoms with Crippen LogP contribution in [-0.4, -0.2) is 33.6 Å². The van der Waals surface area contributed by atoms with Crippen molar-refractivity contribution in [2.75, 3.05) is 12.8 Å². The van der Waals surface area contributed by atoms with E-state index >= 15 is 0 Å². The van der Waals surface area contributed by atoms with Crippen molar-refractivity contribution < 1.29 is 0 Å². The first-order valence-electron chi connectivity index (χ1n) is 6.94. The van der Waals surface area contributed by atoms with Gasteiger partial charge in [0, 0.05) is 24.8 Å². The number of aromatic nitrogens is 3. The number of hydrogen-bond donors (Lipinski definition) is 1. The van der Waals surface area contributed by atoms with Gasteiger partial charge in [0.25, 0.3) is 0 Å². The van der Waals surface area contributed by atoms with Crippen LogP contribution in [0.15, 0.2) is 5.16 Å². The van der Waals surface area contributed by atoms with Crippen LogP contribution in [0.1, 0.15) is 38.9 Å². The van der Waals surface area contributed by atoms with Gasteiger partial charge < -0.3 is 9.88 Å². The van der Waals surface area contributed by atoms with Crippen LogP contribution in [0.3, 0.4) is 0 Å². The summed E-state index contributed by atoms with van der Waals surface area (Å²) in [5.41, 5.74) is 0. The lowest BCUT2D eigenvalue weighted by atomic mass is 10.1. The molecule has 0 saturated carbocycles. The summed E-state index contributed by atoms with van der Waals surface area (Å²) < 4.78 is 2.32. The van der Waals surface area contributed by atoms with Crippen LogP contribution in [0.5, 0.6) is 0 Å². The smallest absolute Gasteiger partial charge is 0.191 e. The molecule has 18 heavy (non-hydrogen) atoms. The maximum atomic E-state index is 4.35. The van der Waals surface area contributed by atoms with E-state index in [0.29, 0.717) is 12.0 Å². The van der Waals surface area contributed by atoms with Crippen LogP contribution >= 0.6 is 11.8 Å². The highest BCUT2D eigenvalue weighted by Gasteiger charge is 2.17. The Morgan fingerprint density at radius 2 is 2.11 bits per heavy atom. The molecular formula is C13H24N4S. The molecule has 0 bridgehead atoms. The molecule has 1 aromatic heterocycles. The number of nitrogens with zero attached hydrogens (tertiary/aromatic N) is 3. The minimum absolute atomic E-state index is 0.536. The van der Waals surface area contributed by atoms with E-state index in [1.54, 1.807) is 0 Å². The first-order valence-corrected chi connectivity index (χ1v) is 7.93. The second-order valence-corrected chi connectivity index (χ2v) is 6.30. The maximum absolute atomic E-state index is 4.35. The quantitative estimate of drug-likeness (QED) is 0.832. The molecule has 0 spiro atoms. The highest BCUT2D eigenvalue weighted by molar-refractivity contribution is 7.99. The molecule has 1 aliphatic rings. The van der Waals surface area contributed by atoms with E-state index in [0.717, 1.165) is 23.9 Å². The summed E-state index contributed by atoms with van der Waals surface area (Å²) in [6.45, 7) is 5.61. The summed E-state index contributed by atoms with van der Waals surface area (Å²) >= 11 is 1.84. The number of fused-ring (bicyclic) bond motifs is 1. The number of nitrogens with one attached hydrogen (secondary N) is 1. The fourth-order valence-electron chi connectivity index (χ4n) is 2.34. The summed E-state index contributed by atoms with van der Waals surface area (Å²) in [5, 5.41) is 13.2. The van der Waals surface area contributed by atoms with E-state index in [1.807, 2.05) is 18.8 Å². The third-order valence-electron chi connectivity index (χ3n) is 3.64. The molecule has 0 saturated heterocycles. The van der Waals surface area contributed by atoms with Crippen molar-refractivity contribution in [2.24, 2.45) is 5.92 Å². The lowest BCUT2D eigenvalue weighted by Gasteiger charge is -2.19. The highest BCUT2D eigenvalue weighted by Crippen LogP contribution is 2.23. The van der Waals surface area contributed by atoms with E-state index in [1.165, 1.54) is 25.1 Å². The van der Waals surface area contributed by atoms with Crippen molar-refractivity contribution in [3.05, 3.63) is 5.82 Å². The molecule has 1 N–H and O–H groups in total. The predicted octanol–water partition coefficient (Wildman–Crippen LogP) is 2.34. The van der Waals surface area contributed by atoms with E-state index in [4.69, 9.17) is 0 Å². The zero-order chi connectivity index (χ0) is 13.0. The average Bonchev–Trinajstić information content (AvgIpc) is 2.59. The largest absolute Gasteiger partial charge is 0.316 e. The number of thioether (sulfide) groups is 1. The number of aryl methyl sites for hydroxylation is 1. The highest BCUT2D eigenvalue weighted by atomic mass is 32.2. The van der Waals surface area contributed by atoms with Crippen molar-refractivity contribution in [1.29, 1.82) is 0 Å². The third-order valence-corrected chi connectivity index (χ3v) is 4.73. The monoisotopic (exact) mass is 268 g/mol. The molecule has 2 rings (SSSR count). The van der Waals surface area contributed by atoms with Gasteiger partial charge in [-0.1, -0.05) is 32.0 Å². The lowest BCUT2D eigenvalue weighted by Crippen LogP contribution is -2.33.